The van der Waals surface area contributed by atoms with Crippen LogP contribution in [0.4, 0.5) is 0 Å². The molecule has 0 fully saturated rings. The molecule has 2 N–H and O–H groups in total. The van der Waals surface area contributed by atoms with Gasteiger partial charge in [-0.2, -0.15) is 5.90 Å². The van der Waals surface area contributed by atoms with E-state index in [-0.39, 0.29) is 19.0 Å². The zero-order valence-electron chi connectivity index (χ0n) is 6.33. The Morgan fingerprint density at radius 2 is 2.09 bits per heavy atom. The lowest BCUT2D eigenvalue weighted by molar-refractivity contribution is -0.149. The first kappa shape index (κ1) is 10.1. The van der Waals surface area contributed by atoms with Gasteiger partial charge in [0.05, 0.1) is 6.61 Å². The average molecular weight is 161 g/mol. The fourth-order valence-corrected chi connectivity index (χ4v) is 0.405. The summed E-state index contributed by atoms with van der Waals surface area (Å²) >= 11 is 0. The van der Waals surface area contributed by atoms with Crippen LogP contribution in [0.2, 0.25) is 0 Å². The number of ether oxygens (including phenoxy) is 1. The molecular formula is C6H11NO4. The second kappa shape index (κ2) is 5.82. The fraction of sp³-hybridized carbons (Fsp3) is 0.667. The molecule has 0 aromatic rings. The number of carbonyl (C=O) groups is 2. The quantitative estimate of drug-likeness (QED) is 0.430. The monoisotopic (exact) mass is 161 g/mol. The zero-order valence-corrected chi connectivity index (χ0v) is 6.33. The average Bonchev–Trinajstić information content (AvgIpc) is 1.97. The van der Waals surface area contributed by atoms with Crippen molar-refractivity contribution in [2.75, 3.05) is 13.2 Å². The normalized spacial score (nSPS) is 9.27. The van der Waals surface area contributed by atoms with Gasteiger partial charge in [-0.25, -0.2) is 4.79 Å². The van der Waals surface area contributed by atoms with Crippen LogP contribution in [0, 0.1) is 0 Å². The lowest BCUT2D eigenvalue weighted by Crippen LogP contribution is -2.17. The Balaban J connectivity index is 3.14. The SMILES string of the molecule is CC(=O)CCOCC(=O)ON. The van der Waals surface area contributed by atoms with E-state index in [9.17, 15) is 9.59 Å². The minimum Gasteiger partial charge on any atom is -0.372 e. The highest BCUT2D eigenvalue weighted by molar-refractivity contribution is 5.75. The minimum absolute atomic E-state index is 0.0196. The highest BCUT2D eigenvalue weighted by Gasteiger charge is 2.00. The van der Waals surface area contributed by atoms with Crippen molar-refractivity contribution in [3.8, 4) is 0 Å². The fourth-order valence-electron chi connectivity index (χ4n) is 0.405. The summed E-state index contributed by atoms with van der Waals surface area (Å²) in [5.41, 5.74) is 0. The topological polar surface area (TPSA) is 78.6 Å². The van der Waals surface area contributed by atoms with Crippen LogP contribution in [-0.4, -0.2) is 25.0 Å². The molecular weight excluding hydrogens is 150 g/mol. The van der Waals surface area contributed by atoms with Crippen LogP contribution in [-0.2, 0) is 19.2 Å². The smallest absolute Gasteiger partial charge is 0.350 e. The molecule has 64 valence electrons. The third kappa shape index (κ3) is 6.95. The van der Waals surface area contributed by atoms with Gasteiger partial charge in [0, 0.05) is 6.42 Å². The molecule has 0 bridgehead atoms. The number of Topliss-reactive ketones (excluding diaryl/α,β-unsaturated/α-hetero) is 1. The molecule has 0 saturated carbocycles. The molecule has 0 atom stereocenters. The molecule has 0 aliphatic carbocycles. The number of nitrogens with two attached hydrogens (primary N) is 1. The predicted molar refractivity (Wildman–Crippen MR) is 36.4 cm³/mol. The first-order valence-corrected chi connectivity index (χ1v) is 3.13. The summed E-state index contributed by atoms with van der Waals surface area (Å²) in [5, 5.41) is 0. The van der Waals surface area contributed by atoms with E-state index >= 15 is 0 Å². The van der Waals surface area contributed by atoms with Gasteiger partial charge in [-0.1, -0.05) is 0 Å². The van der Waals surface area contributed by atoms with Gasteiger partial charge in [0.25, 0.3) is 0 Å². The molecule has 5 heteroatoms. The highest BCUT2D eigenvalue weighted by atomic mass is 16.7. The molecule has 0 spiro atoms. The summed E-state index contributed by atoms with van der Waals surface area (Å²) in [6.07, 6.45) is 0.303. The zero-order chi connectivity index (χ0) is 8.69. The van der Waals surface area contributed by atoms with E-state index in [2.05, 4.69) is 10.7 Å². The first-order chi connectivity index (χ1) is 5.16. The second-order valence-electron chi connectivity index (χ2n) is 1.99. The van der Waals surface area contributed by atoms with Crippen molar-refractivity contribution in [1.29, 1.82) is 0 Å². The van der Waals surface area contributed by atoms with Gasteiger partial charge in [-0.05, 0) is 6.92 Å². The van der Waals surface area contributed by atoms with Gasteiger partial charge >= 0.3 is 5.97 Å². The van der Waals surface area contributed by atoms with Crippen LogP contribution in [0.15, 0.2) is 0 Å². The Morgan fingerprint density at radius 3 is 2.55 bits per heavy atom. The molecule has 0 aliphatic heterocycles. The van der Waals surface area contributed by atoms with E-state index in [1.807, 2.05) is 0 Å². The van der Waals surface area contributed by atoms with Crippen LogP contribution < -0.4 is 5.90 Å². The van der Waals surface area contributed by atoms with Crippen LogP contribution in [0.5, 0.6) is 0 Å². The Bertz CT molecular complexity index is 146. The summed E-state index contributed by atoms with van der Waals surface area (Å²) < 4.78 is 4.72. The van der Waals surface area contributed by atoms with Gasteiger partial charge in [0.2, 0.25) is 0 Å². The van der Waals surface area contributed by atoms with Crippen LogP contribution in [0.1, 0.15) is 13.3 Å². The van der Waals surface area contributed by atoms with Crippen molar-refractivity contribution in [3.05, 3.63) is 0 Å². The minimum atomic E-state index is -0.645. The van der Waals surface area contributed by atoms with E-state index in [1.165, 1.54) is 6.92 Å². The summed E-state index contributed by atoms with van der Waals surface area (Å²) in [4.78, 5) is 24.4. The number of rotatable bonds is 5. The summed E-state index contributed by atoms with van der Waals surface area (Å²) in [6.45, 7) is 1.47. The third-order valence-corrected chi connectivity index (χ3v) is 0.950. The van der Waals surface area contributed by atoms with Gasteiger partial charge in [-0.3, -0.25) is 4.79 Å². The summed E-state index contributed by atoms with van der Waals surface area (Å²) in [6, 6.07) is 0. The Hall–Kier alpha value is -0.940. The van der Waals surface area contributed by atoms with E-state index in [0.717, 1.165) is 0 Å². The summed E-state index contributed by atoms with van der Waals surface area (Å²) in [5.74, 6) is 3.89. The largest absolute Gasteiger partial charge is 0.372 e. The molecule has 0 saturated heterocycles. The molecule has 0 unspecified atom stereocenters. The van der Waals surface area contributed by atoms with Crippen molar-refractivity contribution < 1.29 is 19.2 Å². The standard InChI is InChI=1S/C6H11NO4/c1-5(8)2-3-10-4-6(9)11-7/h2-4,7H2,1H3. The number of ketones is 1. The molecule has 0 aromatic heterocycles. The number of hydrogen-bond acceptors (Lipinski definition) is 5. The number of hydrogen-bond donors (Lipinski definition) is 1. The van der Waals surface area contributed by atoms with E-state index < -0.39 is 5.97 Å². The Morgan fingerprint density at radius 1 is 1.45 bits per heavy atom. The summed E-state index contributed by atoms with van der Waals surface area (Å²) in [7, 11) is 0. The van der Waals surface area contributed by atoms with E-state index in [4.69, 9.17) is 4.74 Å². The van der Waals surface area contributed by atoms with E-state index in [1.54, 1.807) is 0 Å². The maximum absolute atomic E-state index is 10.3. The number of carbonyl (C=O) groups excluding carboxylic acids is 2. The maximum Gasteiger partial charge on any atom is 0.350 e. The highest BCUT2D eigenvalue weighted by Crippen LogP contribution is 1.84. The molecule has 0 amide bonds. The molecule has 0 aliphatic rings. The van der Waals surface area contributed by atoms with Crippen LogP contribution in [0.3, 0.4) is 0 Å². The van der Waals surface area contributed by atoms with Crippen molar-refractivity contribution >= 4 is 11.8 Å². The van der Waals surface area contributed by atoms with Crippen molar-refractivity contribution in [1.82, 2.24) is 0 Å². The van der Waals surface area contributed by atoms with Gasteiger partial charge < -0.3 is 9.57 Å². The molecule has 0 radical (unpaired) electrons. The van der Waals surface area contributed by atoms with Crippen molar-refractivity contribution in [2.45, 2.75) is 13.3 Å². The molecule has 0 rings (SSSR count). The molecule has 0 heterocycles. The second-order valence-corrected chi connectivity index (χ2v) is 1.99. The first-order valence-electron chi connectivity index (χ1n) is 3.13. The van der Waals surface area contributed by atoms with Gasteiger partial charge in [0.15, 0.2) is 0 Å². The van der Waals surface area contributed by atoms with E-state index in [0.29, 0.717) is 6.42 Å². The Kier molecular flexibility index (Phi) is 5.32. The molecule has 5 nitrogen and oxygen atoms in total. The Labute approximate surface area is 64.4 Å². The molecule has 11 heavy (non-hydrogen) atoms. The predicted octanol–water partition coefficient (Wildman–Crippen LogP) is -0.601. The molecule has 0 aromatic carbocycles. The lowest BCUT2D eigenvalue weighted by Gasteiger charge is -1.99. The van der Waals surface area contributed by atoms with Gasteiger partial charge in [-0.15, -0.1) is 0 Å². The van der Waals surface area contributed by atoms with Crippen molar-refractivity contribution in [2.24, 2.45) is 5.90 Å². The lowest BCUT2D eigenvalue weighted by atomic mass is 10.3. The van der Waals surface area contributed by atoms with Crippen LogP contribution in [0.25, 0.3) is 0 Å². The van der Waals surface area contributed by atoms with Gasteiger partial charge in [0.1, 0.15) is 12.4 Å². The third-order valence-electron chi connectivity index (χ3n) is 0.950. The maximum atomic E-state index is 10.3. The van der Waals surface area contributed by atoms with Crippen molar-refractivity contribution in [3.63, 3.8) is 0 Å². The van der Waals surface area contributed by atoms with Crippen LogP contribution >= 0.6 is 0 Å².